The number of fused-ring (bicyclic) bond motifs is 1. The Labute approximate surface area is 158 Å². The predicted molar refractivity (Wildman–Crippen MR) is 101 cm³/mol. The van der Waals surface area contributed by atoms with Gasteiger partial charge in [-0.3, -0.25) is 4.79 Å². The third-order valence-corrected chi connectivity index (χ3v) is 4.28. The number of nitrogens with one attached hydrogen (secondary N) is 2. The first kappa shape index (κ1) is 17.8. The smallest absolute Gasteiger partial charge is 0.221 e. The third kappa shape index (κ3) is 3.34. The molecule has 0 aliphatic carbocycles. The summed E-state index contributed by atoms with van der Waals surface area (Å²) in [6.45, 7) is 1.40. The molecule has 28 heavy (non-hydrogen) atoms. The molecule has 3 aromatic carbocycles. The van der Waals surface area contributed by atoms with Crippen molar-refractivity contribution in [3.8, 4) is 22.5 Å². The van der Waals surface area contributed by atoms with E-state index in [1.54, 1.807) is 30.3 Å². The van der Waals surface area contributed by atoms with Crippen molar-refractivity contribution in [2.24, 2.45) is 0 Å². The lowest BCUT2D eigenvalue weighted by atomic mass is 10.0. The van der Waals surface area contributed by atoms with Gasteiger partial charge in [-0.2, -0.15) is 0 Å². The van der Waals surface area contributed by atoms with Crippen LogP contribution in [0.1, 0.15) is 6.92 Å². The number of imidazole rings is 1. The maximum Gasteiger partial charge on any atom is 0.221 e. The van der Waals surface area contributed by atoms with Gasteiger partial charge in [-0.1, -0.05) is 12.1 Å². The van der Waals surface area contributed by atoms with Gasteiger partial charge in [0.25, 0.3) is 0 Å². The first-order valence-corrected chi connectivity index (χ1v) is 8.43. The number of anilines is 1. The minimum atomic E-state index is -0.982. The monoisotopic (exact) mass is 381 g/mol. The number of amides is 1. The number of aromatic amines is 1. The van der Waals surface area contributed by atoms with Gasteiger partial charge in [0.1, 0.15) is 11.6 Å². The Morgan fingerprint density at radius 1 is 0.893 bits per heavy atom. The van der Waals surface area contributed by atoms with Gasteiger partial charge in [0.2, 0.25) is 5.91 Å². The van der Waals surface area contributed by atoms with Crippen LogP contribution in [0.15, 0.2) is 54.6 Å². The Morgan fingerprint density at radius 3 is 2.29 bits per heavy atom. The summed E-state index contributed by atoms with van der Waals surface area (Å²) in [7, 11) is 0. The highest BCUT2D eigenvalue weighted by molar-refractivity contribution is 5.89. The molecule has 7 heteroatoms. The fourth-order valence-corrected chi connectivity index (χ4v) is 2.97. The van der Waals surface area contributed by atoms with Crippen molar-refractivity contribution in [3.63, 3.8) is 0 Å². The minimum Gasteiger partial charge on any atom is -0.338 e. The number of nitrogens with zero attached hydrogens (tertiary/aromatic N) is 1. The summed E-state index contributed by atoms with van der Waals surface area (Å²) in [5, 5.41) is 2.65. The van der Waals surface area contributed by atoms with Crippen LogP contribution >= 0.6 is 0 Å². The number of H-pyrrole nitrogens is 1. The number of hydrogen-bond acceptors (Lipinski definition) is 2. The van der Waals surface area contributed by atoms with Gasteiger partial charge in [-0.15, -0.1) is 0 Å². The zero-order valence-corrected chi connectivity index (χ0v) is 14.7. The van der Waals surface area contributed by atoms with Crippen LogP contribution in [0.2, 0.25) is 0 Å². The quantitative estimate of drug-likeness (QED) is 0.508. The molecule has 0 atom stereocenters. The van der Waals surface area contributed by atoms with Crippen LogP contribution in [0.5, 0.6) is 0 Å². The highest BCUT2D eigenvalue weighted by Gasteiger charge is 2.13. The largest absolute Gasteiger partial charge is 0.338 e. The molecule has 0 aliphatic rings. The molecule has 0 fully saturated rings. The summed E-state index contributed by atoms with van der Waals surface area (Å²) in [5.41, 5.74) is 2.75. The highest BCUT2D eigenvalue weighted by atomic mass is 19.2. The Morgan fingerprint density at radius 2 is 1.57 bits per heavy atom. The average Bonchev–Trinajstić information content (AvgIpc) is 3.05. The summed E-state index contributed by atoms with van der Waals surface area (Å²) < 4.78 is 41.2. The second-order valence-corrected chi connectivity index (χ2v) is 6.32. The van der Waals surface area contributed by atoms with Crippen LogP contribution in [-0.4, -0.2) is 15.9 Å². The molecule has 0 radical (unpaired) electrons. The first-order valence-electron chi connectivity index (χ1n) is 8.43. The normalized spacial score (nSPS) is 11.0. The summed E-state index contributed by atoms with van der Waals surface area (Å²) in [4.78, 5) is 18.3. The summed E-state index contributed by atoms with van der Waals surface area (Å²) >= 11 is 0. The topological polar surface area (TPSA) is 57.8 Å². The predicted octanol–water partition coefficient (Wildman–Crippen LogP) is 5.27. The Balaban J connectivity index is 1.74. The molecule has 2 N–H and O–H groups in total. The molecule has 0 saturated carbocycles. The van der Waals surface area contributed by atoms with Crippen molar-refractivity contribution in [1.29, 1.82) is 0 Å². The lowest BCUT2D eigenvalue weighted by molar-refractivity contribution is -0.114. The number of halogens is 3. The number of aromatic nitrogens is 2. The van der Waals surface area contributed by atoms with Gasteiger partial charge in [-0.05, 0) is 35.9 Å². The fourth-order valence-electron chi connectivity index (χ4n) is 2.97. The van der Waals surface area contributed by atoms with E-state index in [9.17, 15) is 18.0 Å². The molecular weight excluding hydrogens is 367 g/mol. The van der Waals surface area contributed by atoms with E-state index >= 15 is 0 Å². The number of hydrogen-bond donors (Lipinski definition) is 2. The van der Waals surface area contributed by atoms with Crippen molar-refractivity contribution >= 4 is 22.6 Å². The van der Waals surface area contributed by atoms with E-state index in [0.717, 1.165) is 12.1 Å². The molecule has 1 amide bonds. The number of carbonyl (C=O) groups excluding carboxylic acids is 1. The van der Waals surface area contributed by atoms with E-state index in [-0.39, 0.29) is 11.4 Å². The molecule has 4 aromatic rings. The van der Waals surface area contributed by atoms with Gasteiger partial charge in [0.15, 0.2) is 11.6 Å². The molecule has 0 saturated heterocycles. The average molecular weight is 381 g/mol. The molecule has 0 bridgehead atoms. The lowest BCUT2D eigenvalue weighted by Crippen LogP contribution is -2.05. The van der Waals surface area contributed by atoms with Gasteiger partial charge in [0.05, 0.1) is 11.0 Å². The van der Waals surface area contributed by atoms with Crippen molar-refractivity contribution in [2.75, 3.05) is 5.32 Å². The summed E-state index contributed by atoms with van der Waals surface area (Å²) in [5.74, 6) is -2.20. The van der Waals surface area contributed by atoms with E-state index in [4.69, 9.17) is 0 Å². The van der Waals surface area contributed by atoms with Crippen LogP contribution in [0.3, 0.4) is 0 Å². The van der Waals surface area contributed by atoms with Crippen LogP contribution in [0, 0.1) is 17.5 Å². The summed E-state index contributed by atoms with van der Waals surface area (Å²) in [6.07, 6.45) is 0. The van der Waals surface area contributed by atoms with Gasteiger partial charge < -0.3 is 10.3 Å². The Bertz CT molecular complexity index is 1160. The zero-order valence-electron chi connectivity index (χ0n) is 14.7. The van der Waals surface area contributed by atoms with Crippen molar-refractivity contribution in [1.82, 2.24) is 9.97 Å². The second kappa shape index (κ2) is 6.84. The maximum absolute atomic E-state index is 14.4. The van der Waals surface area contributed by atoms with Gasteiger partial charge in [-0.25, -0.2) is 18.2 Å². The van der Waals surface area contributed by atoms with E-state index in [1.165, 1.54) is 19.1 Å². The number of benzene rings is 3. The van der Waals surface area contributed by atoms with Gasteiger partial charge >= 0.3 is 0 Å². The van der Waals surface area contributed by atoms with E-state index < -0.39 is 17.5 Å². The van der Waals surface area contributed by atoms with Crippen LogP contribution in [0.25, 0.3) is 33.5 Å². The van der Waals surface area contributed by atoms with Crippen LogP contribution in [-0.2, 0) is 4.79 Å². The lowest BCUT2D eigenvalue weighted by Gasteiger charge is -2.08. The molecule has 0 aliphatic heterocycles. The standard InChI is InChI=1S/C21H14F3N3O/c1-11(28)25-14-5-2-12(3-6-14)15-8-13(4-7-16(15)22)21-26-19-9-17(23)18(24)10-20(19)27-21/h2-10H,1H3,(H,25,28)(H,26,27). The van der Waals surface area contributed by atoms with E-state index in [1.807, 2.05) is 0 Å². The molecule has 140 valence electrons. The SMILES string of the molecule is CC(=O)Nc1ccc(-c2cc(-c3nc4cc(F)c(F)cc4[nH]3)ccc2F)cc1. The molecule has 4 nitrogen and oxygen atoms in total. The third-order valence-electron chi connectivity index (χ3n) is 4.28. The molecule has 4 rings (SSSR count). The fraction of sp³-hybridized carbons (Fsp3) is 0.0476. The first-order chi connectivity index (χ1) is 13.4. The minimum absolute atomic E-state index is 0.196. The molecule has 0 unspecified atom stereocenters. The highest BCUT2D eigenvalue weighted by Crippen LogP contribution is 2.30. The molecule has 0 spiro atoms. The second-order valence-electron chi connectivity index (χ2n) is 6.32. The molecule has 1 aromatic heterocycles. The van der Waals surface area contributed by atoms with Gasteiger partial charge in [0, 0.05) is 35.9 Å². The van der Waals surface area contributed by atoms with Crippen molar-refractivity contribution < 1.29 is 18.0 Å². The van der Waals surface area contributed by atoms with Crippen LogP contribution < -0.4 is 5.32 Å². The molecule has 1 heterocycles. The Hall–Kier alpha value is -3.61. The Kier molecular flexibility index (Phi) is 4.35. The number of rotatable bonds is 3. The number of carbonyl (C=O) groups is 1. The summed E-state index contributed by atoms with van der Waals surface area (Å²) in [6, 6.07) is 13.2. The van der Waals surface area contributed by atoms with Crippen molar-refractivity contribution in [3.05, 3.63) is 72.0 Å². The van der Waals surface area contributed by atoms with Crippen LogP contribution in [0.4, 0.5) is 18.9 Å². The molecular formula is C21H14F3N3O. The zero-order chi connectivity index (χ0) is 19.8. The maximum atomic E-state index is 14.4. The van der Waals surface area contributed by atoms with Crippen molar-refractivity contribution in [2.45, 2.75) is 6.92 Å². The van der Waals surface area contributed by atoms with E-state index in [2.05, 4.69) is 15.3 Å². The van der Waals surface area contributed by atoms with E-state index in [0.29, 0.717) is 33.7 Å².